The van der Waals surface area contributed by atoms with Gasteiger partial charge in [0.1, 0.15) is 18.1 Å². The van der Waals surface area contributed by atoms with Gasteiger partial charge in [-0.05, 0) is 24.3 Å². The summed E-state index contributed by atoms with van der Waals surface area (Å²) in [5.41, 5.74) is 0.0870. The normalized spacial score (nSPS) is 10.2. The van der Waals surface area contributed by atoms with Crippen molar-refractivity contribution in [3.8, 4) is 0 Å². The third-order valence-electron chi connectivity index (χ3n) is 2.85. The molecule has 1 heterocycles. The topological polar surface area (TPSA) is 62.6 Å². The van der Waals surface area contributed by atoms with E-state index in [2.05, 4.69) is 5.32 Å². The van der Waals surface area contributed by atoms with Gasteiger partial charge in [0.25, 0.3) is 0 Å². The zero-order valence-electron chi connectivity index (χ0n) is 11.5. The van der Waals surface area contributed by atoms with Gasteiger partial charge in [-0.25, -0.2) is 4.39 Å². The molecule has 0 aliphatic carbocycles. The largest absolute Gasteiger partial charge is 0.467 e. The summed E-state index contributed by atoms with van der Waals surface area (Å²) in [4.78, 5) is 24.8. The van der Waals surface area contributed by atoms with E-state index >= 15 is 0 Å². The molecule has 0 aliphatic heterocycles. The Balaban J connectivity index is 1.98. The predicted octanol–water partition coefficient (Wildman–Crippen LogP) is 2.41. The van der Waals surface area contributed by atoms with E-state index in [0.29, 0.717) is 5.76 Å². The van der Waals surface area contributed by atoms with Crippen LogP contribution in [-0.2, 0) is 16.1 Å². The van der Waals surface area contributed by atoms with Crippen molar-refractivity contribution in [3.05, 3.63) is 54.2 Å². The lowest BCUT2D eigenvalue weighted by Gasteiger charge is -2.19. The molecule has 0 radical (unpaired) electrons. The standard InChI is InChI=1S/C15H15FN2O3/c1-11(19)18(9-12-5-4-8-21-12)10-15(20)17-14-7-3-2-6-13(14)16/h2-8H,9-10H2,1H3,(H,17,20). The Hall–Kier alpha value is -2.63. The lowest BCUT2D eigenvalue weighted by Crippen LogP contribution is -2.36. The number of benzene rings is 1. The van der Waals surface area contributed by atoms with E-state index in [0.717, 1.165) is 0 Å². The number of nitrogens with zero attached hydrogens (tertiary/aromatic N) is 1. The highest BCUT2D eigenvalue weighted by Gasteiger charge is 2.16. The molecule has 0 saturated heterocycles. The summed E-state index contributed by atoms with van der Waals surface area (Å²) >= 11 is 0. The van der Waals surface area contributed by atoms with Crippen LogP contribution in [0.25, 0.3) is 0 Å². The van der Waals surface area contributed by atoms with E-state index in [1.807, 2.05) is 0 Å². The third-order valence-corrected chi connectivity index (χ3v) is 2.85. The van der Waals surface area contributed by atoms with Crippen molar-refractivity contribution < 1.29 is 18.4 Å². The fourth-order valence-electron chi connectivity index (χ4n) is 1.79. The van der Waals surface area contributed by atoms with Crippen LogP contribution < -0.4 is 5.32 Å². The molecule has 5 nitrogen and oxygen atoms in total. The van der Waals surface area contributed by atoms with Crippen molar-refractivity contribution in [3.63, 3.8) is 0 Å². The molecule has 110 valence electrons. The van der Waals surface area contributed by atoms with Gasteiger partial charge < -0.3 is 14.6 Å². The van der Waals surface area contributed by atoms with Crippen molar-refractivity contribution in [2.75, 3.05) is 11.9 Å². The summed E-state index contributed by atoms with van der Waals surface area (Å²) in [6.07, 6.45) is 1.49. The van der Waals surface area contributed by atoms with Crippen LogP contribution in [0, 0.1) is 5.82 Å². The number of hydrogen-bond acceptors (Lipinski definition) is 3. The molecule has 1 aromatic heterocycles. The average molecular weight is 290 g/mol. The summed E-state index contributed by atoms with van der Waals surface area (Å²) in [5, 5.41) is 2.44. The van der Waals surface area contributed by atoms with E-state index in [-0.39, 0.29) is 24.7 Å². The van der Waals surface area contributed by atoms with Gasteiger partial charge in [0, 0.05) is 6.92 Å². The second-order valence-corrected chi connectivity index (χ2v) is 4.48. The minimum Gasteiger partial charge on any atom is -0.467 e. The maximum Gasteiger partial charge on any atom is 0.244 e. The van der Waals surface area contributed by atoms with E-state index < -0.39 is 11.7 Å². The lowest BCUT2D eigenvalue weighted by atomic mass is 10.3. The number of para-hydroxylation sites is 1. The molecule has 0 unspecified atom stereocenters. The van der Waals surface area contributed by atoms with Crippen LogP contribution in [0.2, 0.25) is 0 Å². The van der Waals surface area contributed by atoms with Crippen LogP contribution >= 0.6 is 0 Å². The third kappa shape index (κ3) is 4.17. The van der Waals surface area contributed by atoms with Crippen LogP contribution in [-0.4, -0.2) is 23.3 Å². The minimum atomic E-state index is -0.522. The quantitative estimate of drug-likeness (QED) is 0.919. The zero-order valence-corrected chi connectivity index (χ0v) is 11.5. The second kappa shape index (κ2) is 6.69. The molecule has 0 aliphatic rings. The Labute approximate surface area is 121 Å². The number of rotatable bonds is 5. The van der Waals surface area contributed by atoms with Crippen LogP contribution in [0.15, 0.2) is 47.1 Å². The highest BCUT2D eigenvalue weighted by molar-refractivity contribution is 5.94. The van der Waals surface area contributed by atoms with Crippen molar-refractivity contribution in [1.82, 2.24) is 4.90 Å². The maximum absolute atomic E-state index is 13.4. The van der Waals surface area contributed by atoms with Gasteiger partial charge in [-0.15, -0.1) is 0 Å². The number of hydrogen-bond donors (Lipinski definition) is 1. The first-order valence-corrected chi connectivity index (χ1v) is 6.38. The van der Waals surface area contributed by atoms with Gasteiger partial charge in [0.15, 0.2) is 0 Å². The number of carbonyl (C=O) groups is 2. The summed E-state index contributed by atoms with van der Waals surface area (Å²) in [7, 11) is 0. The monoisotopic (exact) mass is 290 g/mol. The fourth-order valence-corrected chi connectivity index (χ4v) is 1.79. The Morgan fingerprint density at radius 1 is 1.24 bits per heavy atom. The van der Waals surface area contributed by atoms with Gasteiger partial charge >= 0.3 is 0 Å². The van der Waals surface area contributed by atoms with Crippen LogP contribution in [0.1, 0.15) is 12.7 Å². The first kappa shape index (κ1) is 14.8. The van der Waals surface area contributed by atoms with Gasteiger partial charge in [-0.2, -0.15) is 0 Å². The Bertz CT molecular complexity index is 626. The zero-order chi connectivity index (χ0) is 15.2. The van der Waals surface area contributed by atoms with Crippen molar-refractivity contribution in [2.45, 2.75) is 13.5 Å². The summed E-state index contributed by atoms with van der Waals surface area (Å²) in [5.74, 6) is -0.688. The molecule has 2 rings (SSSR count). The Morgan fingerprint density at radius 3 is 2.62 bits per heavy atom. The van der Waals surface area contributed by atoms with Gasteiger partial charge in [-0.3, -0.25) is 9.59 Å². The summed E-state index contributed by atoms with van der Waals surface area (Å²) in [6, 6.07) is 9.27. The molecule has 0 spiro atoms. The molecule has 6 heteroatoms. The number of anilines is 1. The van der Waals surface area contributed by atoms with E-state index in [4.69, 9.17) is 4.42 Å². The summed E-state index contributed by atoms with van der Waals surface area (Å²) in [6.45, 7) is 1.37. The molecule has 2 amide bonds. The highest BCUT2D eigenvalue weighted by Crippen LogP contribution is 2.12. The van der Waals surface area contributed by atoms with Gasteiger partial charge in [0.2, 0.25) is 11.8 Å². The molecule has 21 heavy (non-hydrogen) atoms. The predicted molar refractivity (Wildman–Crippen MR) is 74.8 cm³/mol. The molecular formula is C15H15FN2O3. The smallest absolute Gasteiger partial charge is 0.244 e. The van der Waals surface area contributed by atoms with E-state index in [9.17, 15) is 14.0 Å². The van der Waals surface area contributed by atoms with E-state index in [1.165, 1.54) is 36.3 Å². The molecular weight excluding hydrogens is 275 g/mol. The van der Waals surface area contributed by atoms with Crippen molar-refractivity contribution in [1.29, 1.82) is 0 Å². The number of halogens is 1. The molecule has 1 N–H and O–H groups in total. The van der Waals surface area contributed by atoms with E-state index in [1.54, 1.807) is 18.2 Å². The molecule has 0 atom stereocenters. The SMILES string of the molecule is CC(=O)N(CC(=O)Nc1ccccc1F)Cc1ccco1. The number of nitrogens with one attached hydrogen (secondary N) is 1. The minimum absolute atomic E-state index is 0.0870. The lowest BCUT2D eigenvalue weighted by molar-refractivity contribution is -0.133. The molecule has 1 aromatic carbocycles. The van der Waals surface area contributed by atoms with Crippen molar-refractivity contribution >= 4 is 17.5 Å². The van der Waals surface area contributed by atoms with Gasteiger partial charge in [-0.1, -0.05) is 12.1 Å². The number of amides is 2. The highest BCUT2D eigenvalue weighted by atomic mass is 19.1. The van der Waals surface area contributed by atoms with Crippen LogP contribution in [0.3, 0.4) is 0 Å². The van der Waals surface area contributed by atoms with Gasteiger partial charge in [0.05, 0.1) is 18.5 Å². The Morgan fingerprint density at radius 2 is 2.00 bits per heavy atom. The summed E-state index contributed by atoms with van der Waals surface area (Å²) < 4.78 is 18.6. The van der Waals surface area contributed by atoms with Crippen LogP contribution in [0.5, 0.6) is 0 Å². The second-order valence-electron chi connectivity index (χ2n) is 4.48. The van der Waals surface area contributed by atoms with Crippen LogP contribution in [0.4, 0.5) is 10.1 Å². The fraction of sp³-hybridized carbons (Fsp3) is 0.200. The average Bonchev–Trinajstić information content (AvgIpc) is 2.93. The Kier molecular flexibility index (Phi) is 4.71. The molecule has 2 aromatic rings. The molecule has 0 saturated carbocycles. The molecule has 0 fully saturated rings. The number of furan rings is 1. The maximum atomic E-state index is 13.4. The first-order valence-electron chi connectivity index (χ1n) is 6.38. The van der Waals surface area contributed by atoms with Crippen molar-refractivity contribution in [2.24, 2.45) is 0 Å². The first-order chi connectivity index (χ1) is 10.1. The number of carbonyl (C=O) groups excluding carboxylic acids is 2. The molecule has 0 bridgehead atoms.